The summed E-state index contributed by atoms with van der Waals surface area (Å²) >= 11 is 0. The molecule has 7 heteroatoms. The van der Waals surface area contributed by atoms with Crippen LogP contribution in [0.4, 0.5) is 0 Å². The van der Waals surface area contributed by atoms with E-state index in [1.54, 1.807) is 0 Å². The molecule has 4 aliphatic heterocycles. The number of likely N-dealkylation sites (tertiary alicyclic amines) is 2. The molecule has 2 aliphatic carbocycles. The highest BCUT2D eigenvalue weighted by Gasteiger charge is 2.51. The van der Waals surface area contributed by atoms with Gasteiger partial charge >= 0.3 is 11.9 Å². The van der Waals surface area contributed by atoms with Crippen LogP contribution in [0, 0.1) is 35.0 Å². The van der Waals surface area contributed by atoms with E-state index in [0.29, 0.717) is 30.3 Å². The molecular formula is C26H36N2O5. The Kier molecular flexibility index (Phi) is 5.31. The molecular weight excluding hydrogens is 420 g/mol. The van der Waals surface area contributed by atoms with Crippen molar-refractivity contribution in [1.29, 1.82) is 0 Å². The zero-order chi connectivity index (χ0) is 22.7. The van der Waals surface area contributed by atoms with Crippen LogP contribution < -0.4 is 0 Å². The van der Waals surface area contributed by atoms with Gasteiger partial charge < -0.3 is 19.3 Å². The maximum atomic E-state index is 13.5. The number of esters is 2. The first-order chi connectivity index (χ1) is 16.0. The van der Waals surface area contributed by atoms with Crippen molar-refractivity contribution in [1.82, 2.24) is 9.80 Å². The number of amides is 1. The lowest BCUT2D eigenvalue weighted by molar-refractivity contribution is -0.142. The molecule has 1 amide bonds. The topological polar surface area (TPSA) is 76.2 Å². The molecule has 0 N–H and O–H groups in total. The number of ether oxygens (including phenoxy) is 2. The SMILES string of the molecule is CC1C(CCN2CCC3(CC2)CCN(C2=C(C4CC4)C(=O)OC2)C3=O)CCC2C(=O)OCC21. The van der Waals surface area contributed by atoms with Gasteiger partial charge in [-0.3, -0.25) is 9.59 Å². The molecule has 2 saturated carbocycles. The fourth-order valence-corrected chi connectivity index (χ4v) is 7.34. The molecule has 180 valence electrons. The first kappa shape index (κ1) is 21.6. The summed E-state index contributed by atoms with van der Waals surface area (Å²) in [4.78, 5) is 42.1. The maximum absolute atomic E-state index is 13.5. The maximum Gasteiger partial charge on any atom is 0.336 e. The highest BCUT2D eigenvalue weighted by Crippen LogP contribution is 2.48. The molecule has 0 aromatic carbocycles. The van der Waals surface area contributed by atoms with Crippen LogP contribution in [0.5, 0.6) is 0 Å². The number of carbonyl (C=O) groups excluding carboxylic acids is 3. The molecule has 0 radical (unpaired) electrons. The van der Waals surface area contributed by atoms with Crippen molar-refractivity contribution in [3.63, 3.8) is 0 Å². The van der Waals surface area contributed by atoms with E-state index in [1.165, 1.54) is 6.42 Å². The summed E-state index contributed by atoms with van der Waals surface area (Å²) in [5, 5.41) is 0. The summed E-state index contributed by atoms with van der Waals surface area (Å²) in [7, 11) is 0. The molecule has 6 aliphatic rings. The fraction of sp³-hybridized carbons (Fsp3) is 0.808. The second-order valence-electron chi connectivity index (χ2n) is 11.4. The number of cyclic esters (lactones) is 2. The van der Waals surface area contributed by atoms with E-state index in [0.717, 1.165) is 82.4 Å². The van der Waals surface area contributed by atoms with Gasteiger partial charge in [-0.1, -0.05) is 6.92 Å². The van der Waals surface area contributed by atoms with Gasteiger partial charge in [0.15, 0.2) is 0 Å². The van der Waals surface area contributed by atoms with Crippen molar-refractivity contribution < 1.29 is 23.9 Å². The Balaban J connectivity index is 1.03. The average molecular weight is 457 g/mol. The summed E-state index contributed by atoms with van der Waals surface area (Å²) in [6.07, 6.45) is 8.08. The normalized spacial score (nSPS) is 36.5. The first-order valence-corrected chi connectivity index (χ1v) is 13.1. The molecule has 4 unspecified atom stereocenters. The number of nitrogens with zero attached hydrogens (tertiary/aromatic N) is 2. The summed E-state index contributed by atoms with van der Waals surface area (Å²) in [5.74, 6) is 2.11. The number of hydrogen-bond acceptors (Lipinski definition) is 6. The van der Waals surface area contributed by atoms with E-state index < -0.39 is 0 Å². The van der Waals surface area contributed by atoms with Crippen molar-refractivity contribution in [2.24, 2.45) is 35.0 Å². The molecule has 0 aromatic rings. The molecule has 5 fully saturated rings. The van der Waals surface area contributed by atoms with E-state index in [-0.39, 0.29) is 35.8 Å². The predicted molar refractivity (Wildman–Crippen MR) is 120 cm³/mol. The highest BCUT2D eigenvalue weighted by molar-refractivity contribution is 5.95. The van der Waals surface area contributed by atoms with Gasteiger partial charge in [-0.15, -0.1) is 0 Å². The lowest BCUT2D eigenvalue weighted by Crippen LogP contribution is -2.45. The predicted octanol–water partition coefficient (Wildman–Crippen LogP) is 2.75. The smallest absolute Gasteiger partial charge is 0.336 e. The Morgan fingerprint density at radius 2 is 1.73 bits per heavy atom. The molecule has 0 aromatic heterocycles. The van der Waals surface area contributed by atoms with Crippen LogP contribution in [0.15, 0.2) is 11.3 Å². The van der Waals surface area contributed by atoms with E-state index in [9.17, 15) is 14.4 Å². The lowest BCUT2D eigenvalue weighted by Gasteiger charge is -2.40. The van der Waals surface area contributed by atoms with Crippen LogP contribution in [0.1, 0.15) is 58.3 Å². The van der Waals surface area contributed by atoms with Gasteiger partial charge in [0.05, 0.1) is 29.2 Å². The highest BCUT2D eigenvalue weighted by atomic mass is 16.5. The second-order valence-corrected chi connectivity index (χ2v) is 11.4. The van der Waals surface area contributed by atoms with Gasteiger partial charge in [0.25, 0.3) is 0 Å². The minimum atomic E-state index is -0.253. The minimum Gasteiger partial charge on any atom is -0.465 e. The Labute approximate surface area is 195 Å². The van der Waals surface area contributed by atoms with Crippen LogP contribution in [0.25, 0.3) is 0 Å². The van der Waals surface area contributed by atoms with Gasteiger partial charge in [0.1, 0.15) is 6.61 Å². The Bertz CT molecular complexity index is 885. The van der Waals surface area contributed by atoms with Crippen molar-refractivity contribution in [3.8, 4) is 0 Å². The number of rotatable bonds is 5. The van der Waals surface area contributed by atoms with E-state index in [2.05, 4.69) is 11.8 Å². The third-order valence-corrected chi connectivity index (χ3v) is 9.83. The Hall–Kier alpha value is -1.89. The number of hydrogen-bond donors (Lipinski definition) is 0. The van der Waals surface area contributed by atoms with Crippen molar-refractivity contribution in [2.45, 2.75) is 58.3 Å². The second kappa shape index (κ2) is 8.10. The third kappa shape index (κ3) is 3.62. The molecule has 4 heterocycles. The van der Waals surface area contributed by atoms with E-state index in [4.69, 9.17) is 9.47 Å². The summed E-state index contributed by atoms with van der Waals surface area (Å²) in [6, 6.07) is 0. The van der Waals surface area contributed by atoms with E-state index in [1.807, 2.05) is 4.90 Å². The molecule has 0 bridgehead atoms. The van der Waals surface area contributed by atoms with Crippen molar-refractivity contribution in [3.05, 3.63) is 11.3 Å². The first-order valence-electron chi connectivity index (χ1n) is 13.1. The van der Waals surface area contributed by atoms with Crippen LogP contribution in [0.3, 0.4) is 0 Å². The largest absolute Gasteiger partial charge is 0.465 e. The molecule has 4 atom stereocenters. The molecule has 1 spiro atoms. The summed E-state index contributed by atoms with van der Waals surface area (Å²) in [6.45, 7) is 6.94. The van der Waals surface area contributed by atoms with Gasteiger partial charge in [-0.25, -0.2) is 4.79 Å². The van der Waals surface area contributed by atoms with Crippen LogP contribution in [-0.2, 0) is 23.9 Å². The van der Waals surface area contributed by atoms with Crippen LogP contribution in [-0.4, -0.2) is 67.0 Å². The number of piperidine rings is 1. The van der Waals surface area contributed by atoms with Gasteiger partial charge in [0.2, 0.25) is 5.91 Å². The monoisotopic (exact) mass is 456 g/mol. The molecule has 6 rings (SSSR count). The number of carbonyl (C=O) groups is 3. The van der Waals surface area contributed by atoms with E-state index >= 15 is 0 Å². The van der Waals surface area contributed by atoms with Gasteiger partial charge in [-0.2, -0.15) is 0 Å². The van der Waals surface area contributed by atoms with Crippen molar-refractivity contribution in [2.75, 3.05) is 39.4 Å². The lowest BCUT2D eigenvalue weighted by atomic mass is 9.67. The Morgan fingerprint density at radius 1 is 0.970 bits per heavy atom. The quantitative estimate of drug-likeness (QED) is 0.592. The summed E-state index contributed by atoms with van der Waals surface area (Å²) in [5.41, 5.74) is 1.40. The average Bonchev–Trinajstić information content (AvgIpc) is 3.37. The molecule has 33 heavy (non-hydrogen) atoms. The Morgan fingerprint density at radius 3 is 2.48 bits per heavy atom. The van der Waals surface area contributed by atoms with Crippen molar-refractivity contribution >= 4 is 17.8 Å². The summed E-state index contributed by atoms with van der Waals surface area (Å²) < 4.78 is 10.7. The molecule has 7 nitrogen and oxygen atoms in total. The van der Waals surface area contributed by atoms with Crippen LogP contribution >= 0.6 is 0 Å². The molecule has 3 saturated heterocycles. The standard InChI is InChI=1S/C26H36N2O5/c1-16-17(4-5-19-20(16)14-32-23(19)29)6-10-27-11-7-26(8-12-27)9-13-28(25(26)31)21-15-33-24(30)22(21)18-2-3-18/h16-20H,2-15H2,1H3. The zero-order valence-electron chi connectivity index (χ0n) is 19.7. The zero-order valence-corrected chi connectivity index (χ0v) is 19.7. The number of fused-ring (bicyclic) bond motifs is 1. The fourth-order valence-electron chi connectivity index (χ4n) is 7.34. The van der Waals surface area contributed by atoms with Gasteiger partial charge in [0, 0.05) is 12.5 Å². The minimum absolute atomic E-state index is 0.0236. The third-order valence-electron chi connectivity index (χ3n) is 9.83. The van der Waals surface area contributed by atoms with Gasteiger partial charge in [-0.05, 0) is 88.8 Å². The van der Waals surface area contributed by atoms with Crippen LogP contribution in [0.2, 0.25) is 0 Å².